The van der Waals surface area contributed by atoms with Gasteiger partial charge in [0.1, 0.15) is 5.75 Å². The molecule has 3 rings (SSSR count). The number of rotatable bonds is 6. The molecule has 28 heavy (non-hydrogen) atoms. The van der Waals surface area contributed by atoms with Crippen LogP contribution in [0.15, 0.2) is 53.9 Å². The summed E-state index contributed by atoms with van der Waals surface area (Å²) < 4.78 is 43.9. The van der Waals surface area contributed by atoms with Crippen LogP contribution in [0.4, 0.5) is 18.3 Å². The van der Waals surface area contributed by atoms with E-state index in [0.29, 0.717) is 17.4 Å². The molecule has 0 aliphatic rings. The molecule has 146 valence electrons. The van der Waals surface area contributed by atoms with Crippen molar-refractivity contribution in [2.24, 2.45) is 0 Å². The van der Waals surface area contributed by atoms with Crippen LogP contribution < -0.4 is 10.1 Å². The molecule has 0 unspecified atom stereocenters. The lowest BCUT2D eigenvalue weighted by Crippen LogP contribution is -2.13. The van der Waals surface area contributed by atoms with Crippen molar-refractivity contribution in [3.05, 3.63) is 65.0 Å². The van der Waals surface area contributed by atoms with Crippen LogP contribution in [0.5, 0.6) is 5.75 Å². The largest absolute Gasteiger partial charge is 0.494 e. The highest BCUT2D eigenvalue weighted by molar-refractivity contribution is 7.14. The third-order valence-electron chi connectivity index (χ3n) is 3.80. The second-order valence-corrected chi connectivity index (χ2v) is 6.80. The van der Waals surface area contributed by atoms with Crippen molar-refractivity contribution in [3.8, 4) is 17.0 Å². The topological polar surface area (TPSA) is 51.2 Å². The number of hydrogen-bond donors (Lipinski definition) is 1. The Labute approximate surface area is 164 Å². The van der Waals surface area contributed by atoms with E-state index < -0.39 is 17.6 Å². The molecular formula is C20H17F3N2O2S. The lowest BCUT2D eigenvalue weighted by Gasteiger charge is -2.08. The molecule has 1 N–H and O–H groups in total. The molecule has 0 saturated heterocycles. The standard InChI is InChI=1S/C20H17F3N2O2S/c1-2-10-27-16-8-6-13(7-9-16)17-12-28-19(24-17)25-18(26)14-4-3-5-15(11-14)20(21,22)23/h3-9,11-12H,2,10H2,1H3,(H,24,25,26). The minimum Gasteiger partial charge on any atom is -0.494 e. The molecule has 0 aliphatic heterocycles. The molecule has 2 aromatic carbocycles. The van der Waals surface area contributed by atoms with Crippen molar-refractivity contribution in [2.45, 2.75) is 19.5 Å². The molecule has 8 heteroatoms. The Morgan fingerprint density at radius 2 is 1.93 bits per heavy atom. The number of benzene rings is 2. The number of ether oxygens (including phenoxy) is 1. The smallest absolute Gasteiger partial charge is 0.416 e. The van der Waals surface area contributed by atoms with Gasteiger partial charge in [-0.15, -0.1) is 11.3 Å². The average Bonchev–Trinajstić information content (AvgIpc) is 3.14. The molecular weight excluding hydrogens is 389 g/mol. The number of amides is 1. The number of thiazole rings is 1. The Morgan fingerprint density at radius 3 is 2.61 bits per heavy atom. The molecule has 1 amide bonds. The minimum absolute atomic E-state index is 0.0796. The van der Waals surface area contributed by atoms with Gasteiger partial charge in [0, 0.05) is 16.5 Å². The average molecular weight is 406 g/mol. The number of alkyl halides is 3. The molecule has 4 nitrogen and oxygen atoms in total. The van der Waals surface area contributed by atoms with E-state index in [1.54, 1.807) is 5.38 Å². The maximum Gasteiger partial charge on any atom is 0.416 e. The van der Waals surface area contributed by atoms with Gasteiger partial charge in [-0.1, -0.05) is 13.0 Å². The lowest BCUT2D eigenvalue weighted by atomic mass is 10.1. The van der Waals surface area contributed by atoms with Crippen LogP contribution in [-0.2, 0) is 6.18 Å². The van der Waals surface area contributed by atoms with Crippen LogP contribution in [0.2, 0.25) is 0 Å². The number of carbonyl (C=O) groups is 1. The fraction of sp³-hybridized carbons (Fsp3) is 0.200. The minimum atomic E-state index is -4.50. The van der Waals surface area contributed by atoms with Gasteiger partial charge in [-0.25, -0.2) is 4.98 Å². The first-order chi connectivity index (χ1) is 13.4. The lowest BCUT2D eigenvalue weighted by molar-refractivity contribution is -0.137. The van der Waals surface area contributed by atoms with Gasteiger partial charge in [-0.2, -0.15) is 13.2 Å². The Hall–Kier alpha value is -2.87. The molecule has 0 bridgehead atoms. The van der Waals surface area contributed by atoms with Crippen molar-refractivity contribution < 1.29 is 22.7 Å². The summed E-state index contributed by atoms with van der Waals surface area (Å²) in [5.74, 6) is 0.120. The molecule has 0 fully saturated rings. The second kappa shape index (κ2) is 8.43. The quantitative estimate of drug-likeness (QED) is 0.557. The third kappa shape index (κ3) is 4.89. The maximum atomic E-state index is 12.8. The van der Waals surface area contributed by atoms with E-state index >= 15 is 0 Å². The van der Waals surface area contributed by atoms with Gasteiger partial charge < -0.3 is 4.74 Å². The molecule has 0 spiro atoms. The van der Waals surface area contributed by atoms with Crippen molar-refractivity contribution in [1.29, 1.82) is 0 Å². The molecule has 0 radical (unpaired) electrons. The predicted octanol–water partition coefficient (Wildman–Crippen LogP) is 5.87. The van der Waals surface area contributed by atoms with E-state index in [2.05, 4.69) is 10.3 Å². The van der Waals surface area contributed by atoms with Crippen molar-refractivity contribution in [1.82, 2.24) is 4.98 Å². The highest BCUT2D eigenvalue weighted by atomic mass is 32.1. The normalized spacial score (nSPS) is 11.3. The summed E-state index contributed by atoms with van der Waals surface area (Å²) in [5, 5.41) is 4.62. The summed E-state index contributed by atoms with van der Waals surface area (Å²) in [6.45, 7) is 2.67. The number of anilines is 1. The number of nitrogens with one attached hydrogen (secondary N) is 1. The van der Waals surface area contributed by atoms with Crippen LogP contribution in [-0.4, -0.2) is 17.5 Å². The third-order valence-corrected chi connectivity index (χ3v) is 4.56. The highest BCUT2D eigenvalue weighted by Gasteiger charge is 2.30. The van der Waals surface area contributed by atoms with Crippen LogP contribution in [0.1, 0.15) is 29.3 Å². The highest BCUT2D eigenvalue weighted by Crippen LogP contribution is 2.30. The Morgan fingerprint density at radius 1 is 1.18 bits per heavy atom. The SMILES string of the molecule is CCCOc1ccc(-c2csc(NC(=O)c3cccc(C(F)(F)F)c3)n2)cc1. The zero-order valence-corrected chi connectivity index (χ0v) is 15.7. The number of carbonyl (C=O) groups excluding carboxylic acids is 1. The van der Waals surface area contributed by atoms with Crippen molar-refractivity contribution >= 4 is 22.4 Å². The molecule has 1 heterocycles. The number of hydrogen-bond acceptors (Lipinski definition) is 4. The van der Waals surface area contributed by atoms with E-state index in [0.717, 1.165) is 29.9 Å². The predicted molar refractivity (Wildman–Crippen MR) is 103 cm³/mol. The van der Waals surface area contributed by atoms with Crippen LogP contribution in [0.25, 0.3) is 11.3 Å². The summed E-state index contributed by atoms with van der Waals surface area (Å²) in [7, 11) is 0. The Balaban J connectivity index is 1.70. The number of aromatic nitrogens is 1. The van der Waals surface area contributed by atoms with Gasteiger partial charge in [-0.05, 0) is 48.9 Å². The first kappa shape index (κ1) is 19.9. The van der Waals surface area contributed by atoms with Crippen LogP contribution >= 0.6 is 11.3 Å². The molecule has 0 aliphatic carbocycles. The van der Waals surface area contributed by atoms with Gasteiger partial charge in [0.05, 0.1) is 17.9 Å². The molecule has 0 atom stereocenters. The van der Waals surface area contributed by atoms with Crippen LogP contribution in [0, 0.1) is 0 Å². The zero-order valence-electron chi connectivity index (χ0n) is 14.9. The maximum absolute atomic E-state index is 12.8. The fourth-order valence-electron chi connectivity index (χ4n) is 2.41. The molecule has 3 aromatic rings. The summed E-state index contributed by atoms with van der Waals surface area (Å²) in [5.41, 5.74) is 0.556. The van der Waals surface area contributed by atoms with Gasteiger partial charge in [0.25, 0.3) is 5.91 Å². The monoisotopic (exact) mass is 406 g/mol. The van der Waals surface area contributed by atoms with Gasteiger partial charge in [0.15, 0.2) is 5.13 Å². The number of halogens is 3. The van der Waals surface area contributed by atoms with E-state index in [1.807, 2.05) is 31.2 Å². The van der Waals surface area contributed by atoms with Crippen molar-refractivity contribution in [3.63, 3.8) is 0 Å². The Bertz CT molecular complexity index is 953. The Kier molecular flexibility index (Phi) is 5.99. The summed E-state index contributed by atoms with van der Waals surface area (Å²) in [4.78, 5) is 16.6. The van der Waals surface area contributed by atoms with E-state index in [4.69, 9.17) is 4.74 Å². The number of nitrogens with zero attached hydrogens (tertiary/aromatic N) is 1. The van der Waals surface area contributed by atoms with Crippen molar-refractivity contribution in [2.75, 3.05) is 11.9 Å². The zero-order chi connectivity index (χ0) is 20.1. The van der Waals surface area contributed by atoms with Gasteiger partial charge in [-0.3, -0.25) is 10.1 Å². The van der Waals surface area contributed by atoms with E-state index in [-0.39, 0.29) is 5.56 Å². The molecule has 0 saturated carbocycles. The summed E-state index contributed by atoms with van der Waals surface area (Å²) in [6, 6.07) is 11.7. The van der Waals surface area contributed by atoms with E-state index in [1.165, 1.54) is 23.5 Å². The van der Waals surface area contributed by atoms with Crippen LogP contribution in [0.3, 0.4) is 0 Å². The first-order valence-corrected chi connectivity index (χ1v) is 9.42. The second-order valence-electron chi connectivity index (χ2n) is 5.94. The summed E-state index contributed by atoms with van der Waals surface area (Å²) in [6.07, 6.45) is -3.58. The molecule has 1 aromatic heterocycles. The van der Waals surface area contributed by atoms with E-state index in [9.17, 15) is 18.0 Å². The summed E-state index contributed by atoms with van der Waals surface area (Å²) >= 11 is 1.20. The first-order valence-electron chi connectivity index (χ1n) is 8.54. The van der Waals surface area contributed by atoms with Gasteiger partial charge >= 0.3 is 6.18 Å². The fourth-order valence-corrected chi connectivity index (χ4v) is 3.13. The van der Waals surface area contributed by atoms with Gasteiger partial charge in [0.2, 0.25) is 0 Å².